The van der Waals surface area contributed by atoms with Crippen molar-refractivity contribution in [3.63, 3.8) is 0 Å². The molecule has 1 aromatic rings. The van der Waals surface area contributed by atoms with Gasteiger partial charge in [-0.3, -0.25) is 4.79 Å². The molecule has 0 radical (unpaired) electrons. The molecule has 1 aliphatic carbocycles. The van der Waals surface area contributed by atoms with Crippen LogP contribution in [0.4, 0.5) is 0 Å². The van der Waals surface area contributed by atoms with Crippen LogP contribution >= 0.6 is 11.3 Å². The highest BCUT2D eigenvalue weighted by Gasteiger charge is 2.27. The number of ether oxygens (including phenoxy) is 1. The van der Waals surface area contributed by atoms with Crippen LogP contribution in [0.25, 0.3) is 0 Å². The highest BCUT2D eigenvalue weighted by atomic mass is 32.1. The SMILES string of the molecule is COC(=O)c1nc(C2CCCC2)sc1C(C)=O. The van der Waals surface area contributed by atoms with Crippen LogP contribution in [0.15, 0.2) is 0 Å². The first-order chi connectivity index (χ1) is 8.13. The van der Waals surface area contributed by atoms with Crippen molar-refractivity contribution in [2.24, 2.45) is 0 Å². The van der Waals surface area contributed by atoms with Gasteiger partial charge in [0.1, 0.15) is 4.88 Å². The molecule has 0 aliphatic heterocycles. The van der Waals surface area contributed by atoms with Crippen molar-refractivity contribution in [3.8, 4) is 0 Å². The molecular formula is C12H15NO3S. The van der Waals surface area contributed by atoms with Crippen LogP contribution < -0.4 is 0 Å². The molecule has 0 unspecified atom stereocenters. The van der Waals surface area contributed by atoms with E-state index in [1.807, 2.05) is 0 Å². The molecule has 1 aliphatic rings. The molecule has 0 atom stereocenters. The standard InChI is InChI=1S/C12H15NO3S/c1-7(14)10-9(12(15)16-2)13-11(17-10)8-5-3-4-6-8/h8H,3-6H2,1-2H3. The second-order valence-corrected chi connectivity index (χ2v) is 5.29. The normalized spacial score (nSPS) is 16.1. The first kappa shape index (κ1) is 12.2. The zero-order chi connectivity index (χ0) is 12.4. The molecule has 4 nitrogen and oxygen atoms in total. The van der Waals surface area contributed by atoms with Crippen LogP contribution in [0.1, 0.15) is 63.7 Å². The average molecular weight is 253 g/mol. The van der Waals surface area contributed by atoms with Crippen molar-refractivity contribution in [3.05, 3.63) is 15.6 Å². The van der Waals surface area contributed by atoms with E-state index in [-0.39, 0.29) is 11.5 Å². The van der Waals surface area contributed by atoms with Crippen molar-refractivity contribution >= 4 is 23.1 Å². The van der Waals surface area contributed by atoms with Gasteiger partial charge in [-0.25, -0.2) is 9.78 Å². The van der Waals surface area contributed by atoms with Gasteiger partial charge in [-0.2, -0.15) is 0 Å². The number of esters is 1. The Balaban J connectivity index is 2.36. The van der Waals surface area contributed by atoms with Crippen LogP contribution in [-0.4, -0.2) is 23.8 Å². The third-order valence-electron chi connectivity index (χ3n) is 3.05. The Labute approximate surface area is 104 Å². The first-order valence-electron chi connectivity index (χ1n) is 5.73. The lowest BCUT2D eigenvalue weighted by atomic mass is 10.1. The molecule has 1 saturated carbocycles. The summed E-state index contributed by atoms with van der Waals surface area (Å²) in [4.78, 5) is 27.8. The fourth-order valence-electron chi connectivity index (χ4n) is 2.16. The highest BCUT2D eigenvalue weighted by molar-refractivity contribution is 7.14. The maximum atomic E-state index is 11.5. The average Bonchev–Trinajstić information content (AvgIpc) is 2.95. The molecule has 0 N–H and O–H groups in total. The number of thiazole rings is 1. The lowest BCUT2D eigenvalue weighted by Gasteiger charge is -2.02. The maximum Gasteiger partial charge on any atom is 0.358 e. The lowest BCUT2D eigenvalue weighted by molar-refractivity contribution is 0.0591. The number of carbonyl (C=O) groups excluding carboxylic acids is 2. The van der Waals surface area contributed by atoms with Crippen LogP contribution in [-0.2, 0) is 4.74 Å². The second kappa shape index (κ2) is 4.96. The summed E-state index contributed by atoms with van der Waals surface area (Å²) in [6, 6.07) is 0. The summed E-state index contributed by atoms with van der Waals surface area (Å²) in [7, 11) is 1.31. The summed E-state index contributed by atoms with van der Waals surface area (Å²) in [5, 5.41) is 0.910. The smallest absolute Gasteiger partial charge is 0.358 e. The predicted molar refractivity (Wildman–Crippen MR) is 64.7 cm³/mol. The van der Waals surface area contributed by atoms with Crippen LogP contribution in [0.2, 0.25) is 0 Å². The number of rotatable bonds is 3. The minimum atomic E-state index is -0.518. The number of methoxy groups -OCH3 is 1. The molecule has 1 heterocycles. The van der Waals surface area contributed by atoms with Gasteiger partial charge in [-0.05, 0) is 12.8 Å². The van der Waals surface area contributed by atoms with E-state index < -0.39 is 5.97 Å². The minimum Gasteiger partial charge on any atom is -0.464 e. The van der Waals surface area contributed by atoms with Crippen molar-refractivity contribution in [1.29, 1.82) is 0 Å². The van der Waals surface area contributed by atoms with Crippen molar-refractivity contribution in [1.82, 2.24) is 4.98 Å². The van der Waals surface area contributed by atoms with Crippen molar-refractivity contribution in [2.75, 3.05) is 7.11 Å². The lowest BCUT2D eigenvalue weighted by Crippen LogP contribution is -2.07. The summed E-state index contributed by atoms with van der Waals surface area (Å²) < 4.78 is 4.66. The molecule has 92 valence electrons. The topological polar surface area (TPSA) is 56.3 Å². The summed E-state index contributed by atoms with van der Waals surface area (Å²) >= 11 is 1.35. The van der Waals surface area contributed by atoms with Gasteiger partial charge in [0.2, 0.25) is 0 Å². The Morgan fingerprint density at radius 3 is 2.53 bits per heavy atom. The van der Waals surface area contributed by atoms with E-state index in [1.165, 1.54) is 38.2 Å². The highest BCUT2D eigenvalue weighted by Crippen LogP contribution is 2.37. The minimum absolute atomic E-state index is 0.118. The number of ketones is 1. The Bertz CT molecular complexity index is 447. The molecule has 0 spiro atoms. The van der Waals surface area contributed by atoms with Gasteiger partial charge in [-0.15, -0.1) is 11.3 Å². The summed E-state index contributed by atoms with van der Waals surface area (Å²) in [5.41, 5.74) is 0.187. The number of Topliss-reactive ketones (excluding diaryl/α,β-unsaturated/α-hetero) is 1. The molecule has 1 fully saturated rings. The van der Waals surface area contributed by atoms with E-state index in [0.717, 1.165) is 17.8 Å². The second-order valence-electron chi connectivity index (χ2n) is 4.26. The third-order valence-corrected chi connectivity index (χ3v) is 4.37. The molecule has 2 rings (SSSR count). The van der Waals surface area contributed by atoms with E-state index in [9.17, 15) is 9.59 Å². The third kappa shape index (κ3) is 2.39. The van der Waals surface area contributed by atoms with Gasteiger partial charge in [0, 0.05) is 12.8 Å². The zero-order valence-corrected chi connectivity index (χ0v) is 10.8. The molecule has 0 bridgehead atoms. The number of nitrogens with zero attached hydrogens (tertiary/aromatic N) is 1. The number of hydrogen-bond donors (Lipinski definition) is 0. The van der Waals surface area contributed by atoms with E-state index in [4.69, 9.17) is 0 Å². The van der Waals surface area contributed by atoms with Crippen LogP contribution in [0, 0.1) is 0 Å². The van der Waals surface area contributed by atoms with Gasteiger partial charge in [0.15, 0.2) is 11.5 Å². The van der Waals surface area contributed by atoms with Gasteiger partial charge in [0.25, 0.3) is 0 Å². The fraction of sp³-hybridized carbons (Fsp3) is 0.583. The van der Waals surface area contributed by atoms with Crippen LogP contribution in [0.5, 0.6) is 0 Å². The van der Waals surface area contributed by atoms with E-state index in [2.05, 4.69) is 9.72 Å². The number of aromatic nitrogens is 1. The van der Waals surface area contributed by atoms with E-state index in [0.29, 0.717) is 10.8 Å². The van der Waals surface area contributed by atoms with Crippen molar-refractivity contribution < 1.29 is 14.3 Å². The maximum absolute atomic E-state index is 11.5. The molecule has 0 amide bonds. The Morgan fingerprint density at radius 2 is 2.00 bits per heavy atom. The molecule has 0 aromatic carbocycles. The molecular weight excluding hydrogens is 238 g/mol. The number of hydrogen-bond acceptors (Lipinski definition) is 5. The molecule has 1 aromatic heterocycles. The summed E-state index contributed by atoms with van der Waals surface area (Å²) in [5.74, 6) is -0.223. The Hall–Kier alpha value is -1.23. The Kier molecular flexibility index (Phi) is 3.57. The van der Waals surface area contributed by atoms with Crippen LogP contribution in [0.3, 0.4) is 0 Å². The number of carbonyl (C=O) groups is 2. The Morgan fingerprint density at radius 1 is 1.35 bits per heavy atom. The molecule has 17 heavy (non-hydrogen) atoms. The predicted octanol–water partition coefficient (Wildman–Crippen LogP) is 2.79. The zero-order valence-electron chi connectivity index (χ0n) is 9.99. The van der Waals surface area contributed by atoms with E-state index >= 15 is 0 Å². The molecule has 0 saturated heterocycles. The quantitative estimate of drug-likeness (QED) is 0.614. The van der Waals surface area contributed by atoms with E-state index in [1.54, 1.807) is 0 Å². The summed E-state index contributed by atoms with van der Waals surface area (Å²) in [6.45, 7) is 1.46. The van der Waals surface area contributed by atoms with Gasteiger partial charge in [0.05, 0.1) is 12.1 Å². The van der Waals surface area contributed by atoms with Gasteiger partial charge < -0.3 is 4.74 Å². The summed E-state index contributed by atoms with van der Waals surface area (Å²) in [6.07, 6.45) is 4.61. The van der Waals surface area contributed by atoms with Crippen molar-refractivity contribution in [2.45, 2.75) is 38.5 Å². The fourth-order valence-corrected chi connectivity index (χ4v) is 3.28. The monoisotopic (exact) mass is 253 g/mol. The van der Waals surface area contributed by atoms with Gasteiger partial charge >= 0.3 is 5.97 Å². The largest absolute Gasteiger partial charge is 0.464 e. The molecule has 5 heteroatoms. The van der Waals surface area contributed by atoms with Gasteiger partial charge in [-0.1, -0.05) is 12.8 Å². The first-order valence-corrected chi connectivity index (χ1v) is 6.55.